The van der Waals surface area contributed by atoms with E-state index in [1.807, 2.05) is 36.4 Å². The highest BCUT2D eigenvalue weighted by Gasteiger charge is 2.24. The van der Waals surface area contributed by atoms with E-state index in [-0.39, 0.29) is 5.92 Å². The van der Waals surface area contributed by atoms with Crippen molar-refractivity contribution in [3.8, 4) is 0 Å². The first-order chi connectivity index (χ1) is 12.7. The smallest absolute Gasteiger partial charge is 0.423 e. The average molecular weight is 341 g/mol. The number of fused-ring (bicyclic) bond motifs is 1. The van der Waals surface area contributed by atoms with Gasteiger partial charge in [0, 0.05) is 11.6 Å². The van der Waals surface area contributed by atoms with Crippen LogP contribution < -0.4 is 5.46 Å². The van der Waals surface area contributed by atoms with Crippen molar-refractivity contribution in [3.63, 3.8) is 0 Å². The monoisotopic (exact) mass is 341 g/mol. The molecule has 0 saturated carbocycles. The molecule has 4 heteroatoms. The summed E-state index contributed by atoms with van der Waals surface area (Å²) in [6.07, 6.45) is 1.70. The van der Waals surface area contributed by atoms with Crippen molar-refractivity contribution in [2.45, 2.75) is 18.8 Å². The zero-order valence-electron chi connectivity index (χ0n) is 14.4. The molecule has 1 aliphatic rings. The second kappa shape index (κ2) is 7.28. The van der Waals surface area contributed by atoms with Crippen LogP contribution in [0.15, 0.2) is 83.9 Å². The van der Waals surface area contributed by atoms with Gasteiger partial charge >= 0.3 is 7.12 Å². The summed E-state index contributed by atoms with van der Waals surface area (Å²) in [5, 5.41) is 19.5. The molecule has 0 spiro atoms. The van der Waals surface area contributed by atoms with E-state index in [4.69, 9.17) is 4.99 Å². The number of hydrogen-bond acceptors (Lipinski definition) is 3. The van der Waals surface area contributed by atoms with Crippen LogP contribution in [0.4, 0.5) is 5.69 Å². The van der Waals surface area contributed by atoms with Gasteiger partial charge < -0.3 is 10.0 Å². The molecule has 1 heterocycles. The van der Waals surface area contributed by atoms with Crippen LogP contribution in [-0.4, -0.2) is 22.9 Å². The molecule has 0 bridgehead atoms. The molecule has 0 saturated heterocycles. The summed E-state index contributed by atoms with van der Waals surface area (Å²) in [7, 11) is -1.50. The summed E-state index contributed by atoms with van der Waals surface area (Å²) in [5.74, 6) is 0.278. The van der Waals surface area contributed by atoms with E-state index < -0.39 is 7.12 Å². The Hall–Kier alpha value is -2.69. The normalized spacial score (nSPS) is 16.4. The maximum Gasteiger partial charge on any atom is 0.489 e. The molecule has 1 atom stereocenters. The van der Waals surface area contributed by atoms with Gasteiger partial charge in [-0.1, -0.05) is 72.8 Å². The van der Waals surface area contributed by atoms with Gasteiger partial charge in [-0.3, -0.25) is 4.99 Å². The molecule has 128 valence electrons. The first-order valence-electron chi connectivity index (χ1n) is 8.91. The van der Waals surface area contributed by atoms with E-state index in [2.05, 4.69) is 36.4 Å². The second-order valence-electron chi connectivity index (χ2n) is 6.58. The number of para-hydroxylation sites is 1. The zero-order valence-corrected chi connectivity index (χ0v) is 14.4. The maximum atomic E-state index is 9.73. The predicted octanol–water partition coefficient (Wildman–Crippen LogP) is 3.41. The van der Waals surface area contributed by atoms with Gasteiger partial charge in [0.1, 0.15) is 0 Å². The lowest BCUT2D eigenvalue weighted by atomic mass is 9.75. The van der Waals surface area contributed by atoms with Crippen molar-refractivity contribution in [2.75, 3.05) is 0 Å². The van der Waals surface area contributed by atoms with Gasteiger partial charge in [-0.2, -0.15) is 0 Å². The summed E-state index contributed by atoms with van der Waals surface area (Å²) in [4.78, 5) is 4.92. The fraction of sp³-hybridized carbons (Fsp3) is 0.136. The highest BCUT2D eigenvalue weighted by Crippen LogP contribution is 2.38. The molecular formula is C22H20BNO2. The van der Waals surface area contributed by atoms with Crippen molar-refractivity contribution in [1.29, 1.82) is 0 Å². The van der Waals surface area contributed by atoms with E-state index >= 15 is 0 Å². The molecule has 1 aliphatic heterocycles. The molecule has 0 radical (unpaired) electrons. The van der Waals surface area contributed by atoms with E-state index in [1.165, 1.54) is 11.1 Å². The molecular weight excluding hydrogens is 321 g/mol. The fourth-order valence-electron chi connectivity index (χ4n) is 3.73. The molecule has 0 fully saturated rings. The number of nitrogens with zero attached hydrogens (tertiary/aromatic N) is 1. The van der Waals surface area contributed by atoms with E-state index in [0.717, 1.165) is 29.8 Å². The Morgan fingerprint density at radius 3 is 2.31 bits per heavy atom. The molecule has 0 aromatic heterocycles. The number of rotatable bonds is 3. The minimum atomic E-state index is -1.50. The SMILES string of the molecule is OB(O)c1ccccc1C1=Nc2ccccc2C(c2ccccc2)CC1. The van der Waals surface area contributed by atoms with Crippen molar-refractivity contribution in [2.24, 2.45) is 4.99 Å². The fourth-order valence-corrected chi connectivity index (χ4v) is 3.73. The van der Waals surface area contributed by atoms with Crippen LogP contribution in [0, 0.1) is 0 Å². The molecule has 26 heavy (non-hydrogen) atoms. The Morgan fingerprint density at radius 2 is 1.50 bits per heavy atom. The van der Waals surface area contributed by atoms with Crippen LogP contribution in [0.1, 0.15) is 35.4 Å². The van der Waals surface area contributed by atoms with E-state index in [0.29, 0.717) is 5.46 Å². The van der Waals surface area contributed by atoms with Gasteiger partial charge in [0.25, 0.3) is 0 Å². The zero-order chi connectivity index (χ0) is 17.9. The number of benzene rings is 3. The maximum absolute atomic E-state index is 9.73. The Kier molecular flexibility index (Phi) is 4.70. The first kappa shape index (κ1) is 16.8. The molecule has 3 nitrogen and oxygen atoms in total. The van der Waals surface area contributed by atoms with Crippen LogP contribution in [0.2, 0.25) is 0 Å². The average Bonchev–Trinajstić information content (AvgIpc) is 2.88. The van der Waals surface area contributed by atoms with E-state index in [1.54, 1.807) is 6.07 Å². The Bertz CT molecular complexity index is 938. The first-order valence-corrected chi connectivity index (χ1v) is 8.91. The van der Waals surface area contributed by atoms with E-state index in [9.17, 15) is 10.0 Å². The summed E-state index contributed by atoms with van der Waals surface area (Å²) in [6, 6.07) is 26.1. The van der Waals surface area contributed by atoms with Gasteiger partial charge in [-0.25, -0.2) is 0 Å². The largest absolute Gasteiger partial charge is 0.489 e. The molecule has 1 unspecified atom stereocenters. The molecule has 4 rings (SSSR count). The summed E-state index contributed by atoms with van der Waals surface area (Å²) < 4.78 is 0. The predicted molar refractivity (Wildman–Crippen MR) is 106 cm³/mol. The van der Waals surface area contributed by atoms with Crippen molar-refractivity contribution in [3.05, 3.63) is 95.6 Å². The second-order valence-corrected chi connectivity index (χ2v) is 6.58. The standard InChI is InChI=1S/C22H20BNO2/c25-23(26)20-12-6-4-11-19(20)22-15-14-17(16-8-2-1-3-9-16)18-10-5-7-13-21(18)24-22/h1-13,17,25-26H,14-15H2. The lowest BCUT2D eigenvalue weighted by Gasteiger charge is -2.17. The quantitative estimate of drug-likeness (QED) is 0.718. The Balaban J connectivity index is 1.80. The molecule has 0 amide bonds. The van der Waals surface area contributed by atoms with Crippen molar-refractivity contribution >= 4 is 24.0 Å². The summed E-state index contributed by atoms with van der Waals surface area (Å²) in [5.41, 5.74) is 5.67. The van der Waals surface area contributed by atoms with Gasteiger partial charge in [-0.15, -0.1) is 0 Å². The minimum absolute atomic E-state index is 0.278. The lowest BCUT2D eigenvalue weighted by molar-refractivity contribution is 0.425. The van der Waals surface area contributed by atoms with Gasteiger partial charge in [0.2, 0.25) is 0 Å². The minimum Gasteiger partial charge on any atom is -0.423 e. The molecule has 3 aromatic carbocycles. The highest BCUT2D eigenvalue weighted by molar-refractivity contribution is 6.60. The molecule has 0 aliphatic carbocycles. The van der Waals surface area contributed by atoms with Crippen LogP contribution in [0.3, 0.4) is 0 Å². The van der Waals surface area contributed by atoms with Gasteiger partial charge in [0.05, 0.1) is 5.69 Å². The third-order valence-electron chi connectivity index (χ3n) is 4.99. The Labute approximate surface area is 153 Å². The third kappa shape index (κ3) is 3.21. The highest BCUT2D eigenvalue weighted by atomic mass is 16.4. The van der Waals surface area contributed by atoms with Crippen LogP contribution >= 0.6 is 0 Å². The topological polar surface area (TPSA) is 52.8 Å². The number of aliphatic imine (C=N–C) groups is 1. The van der Waals surface area contributed by atoms with Crippen molar-refractivity contribution in [1.82, 2.24) is 0 Å². The summed E-state index contributed by atoms with van der Waals surface area (Å²) in [6.45, 7) is 0. The third-order valence-corrected chi connectivity index (χ3v) is 4.99. The van der Waals surface area contributed by atoms with Crippen molar-refractivity contribution < 1.29 is 10.0 Å². The van der Waals surface area contributed by atoms with Crippen LogP contribution in [0.5, 0.6) is 0 Å². The van der Waals surface area contributed by atoms with Crippen LogP contribution in [0.25, 0.3) is 0 Å². The number of hydrogen-bond donors (Lipinski definition) is 2. The van der Waals surface area contributed by atoms with Gasteiger partial charge in [-0.05, 0) is 41.1 Å². The summed E-state index contributed by atoms with van der Waals surface area (Å²) >= 11 is 0. The molecule has 3 aromatic rings. The van der Waals surface area contributed by atoms with Gasteiger partial charge in [0.15, 0.2) is 0 Å². The molecule has 2 N–H and O–H groups in total. The van der Waals surface area contributed by atoms with Crippen LogP contribution in [-0.2, 0) is 0 Å². The Morgan fingerprint density at radius 1 is 0.808 bits per heavy atom. The lowest BCUT2D eigenvalue weighted by Crippen LogP contribution is -2.34.